The summed E-state index contributed by atoms with van der Waals surface area (Å²) in [6.07, 6.45) is 1.55. The molecule has 0 fully saturated rings. The highest BCUT2D eigenvalue weighted by atomic mass is 16.6. The number of nitrogens with zero attached hydrogens (tertiary/aromatic N) is 2. The Balaban J connectivity index is 2.43. The number of carbonyl (C=O) groups is 2. The second kappa shape index (κ2) is 4.72. The summed E-state index contributed by atoms with van der Waals surface area (Å²) in [6, 6.07) is 5.21. The third-order valence-electron chi connectivity index (χ3n) is 2.39. The highest BCUT2D eigenvalue weighted by Gasteiger charge is 2.20. The maximum absolute atomic E-state index is 12.0. The molecule has 0 aliphatic heterocycles. The molecule has 0 spiro atoms. The Hall–Kier alpha value is -2.37. The van der Waals surface area contributed by atoms with Crippen LogP contribution in [0.25, 0.3) is 10.9 Å². The normalized spacial score (nSPS) is 11.3. The molecule has 0 aliphatic carbocycles. The minimum atomic E-state index is -0.589. The Morgan fingerprint density at radius 1 is 1.42 bits per heavy atom. The van der Waals surface area contributed by atoms with E-state index in [0.29, 0.717) is 23.0 Å². The molecule has 0 aliphatic rings. The van der Waals surface area contributed by atoms with Gasteiger partial charge in [-0.05, 0) is 32.9 Å². The number of hydrogen-bond donors (Lipinski definition) is 1. The van der Waals surface area contributed by atoms with Crippen molar-refractivity contribution in [3.8, 4) is 0 Å². The summed E-state index contributed by atoms with van der Waals surface area (Å²) in [7, 11) is 0. The first kappa shape index (κ1) is 13.1. The van der Waals surface area contributed by atoms with Crippen LogP contribution in [0, 0.1) is 0 Å². The van der Waals surface area contributed by atoms with E-state index >= 15 is 0 Å². The second-order valence-electron chi connectivity index (χ2n) is 5.04. The third-order valence-corrected chi connectivity index (χ3v) is 2.39. The molecule has 0 atom stereocenters. The molecule has 1 heterocycles. The summed E-state index contributed by atoms with van der Waals surface area (Å²) in [4.78, 5) is 22.5. The molecule has 19 heavy (non-hydrogen) atoms. The van der Waals surface area contributed by atoms with Crippen molar-refractivity contribution in [1.29, 1.82) is 0 Å². The number of nitrogens with one attached hydrogen (secondary N) is 1. The van der Waals surface area contributed by atoms with Crippen molar-refractivity contribution in [3.63, 3.8) is 0 Å². The predicted octanol–water partition coefficient (Wildman–Crippen LogP) is 2.39. The van der Waals surface area contributed by atoms with Crippen LogP contribution in [0.3, 0.4) is 0 Å². The van der Waals surface area contributed by atoms with Gasteiger partial charge in [-0.1, -0.05) is 6.07 Å². The summed E-state index contributed by atoms with van der Waals surface area (Å²) in [5.74, 6) is 0. The van der Waals surface area contributed by atoms with Gasteiger partial charge in [0.15, 0.2) is 0 Å². The summed E-state index contributed by atoms with van der Waals surface area (Å²) >= 11 is 0. The van der Waals surface area contributed by atoms with Gasteiger partial charge >= 0.3 is 6.09 Å². The van der Waals surface area contributed by atoms with Crippen LogP contribution in [-0.2, 0) is 9.53 Å². The van der Waals surface area contributed by atoms with Crippen LogP contribution in [-0.4, -0.2) is 27.9 Å². The number of carbonyl (C=O) groups excluding carboxylic acids is 2. The SMILES string of the molecule is CC(C)(C)OC(=O)n1ncc2c(NC=O)cccc21. The van der Waals surface area contributed by atoms with Gasteiger partial charge in [-0.25, -0.2) is 4.79 Å². The molecule has 0 unspecified atom stereocenters. The van der Waals surface area contributed by atoms with Gasteiger partial charge in [-0.15, -0.1) is 0 Å². The van der Waals surface area contributed by atoms with Gasteiger partial charge in [0, 0.05) is 5.39 Å². The van der Waals surface area contributed by atoms with Crippen LogP contribution in [0.15, 0.2) is 24.4 Å². The van der Waals surface area contributed by atoms with Crippen molar-refractivity contribution in [2.24, 2.45) is 0 Å². The van der Waals surface area contributed by atoms with Crippen LogP contribution in [0.1, 0.15) is 20.8 Å². The summed E-state index contributed by atoms with van der Waals surface area (Å²) in [6.45, 7) is 5.36. The average molecular weight is 261 g/mol. The molecule has 0 bridgehead atoms. The Morgan fingerprint density at radius 3 is 2.79 bits per heavy atom. The number of ether oxygens (including phenoxy) is 1. The molecule has 1 aromatic carbocycles. The molecular weight excluding hydrogens is 246 g/mol. The van der Waals surface area contributed by atoms with Crippen molar-refractivity contribution in [2.45, 2.75) is 26.4 Å². The summed E-state index contributed by atoms with van der Waals surface area (Å²) < 4.78 is 6.44. The minimum absolute atomic E-state index is 0.550. The van der Waals surface area contributed by atoms with Gasteiger partial charge < -0.3 is 10.1 Å². The van der Waals surface area contributed by atoms with E-state index in [9.17, 15) is 9.59 Å². The molecular formula is C13H15N3O3. The maximum atomic E-state index is 12.0. The zero-order chi connectivity index (χ0) is 14.0. The molecule has 100 valence electrons. The van der Waals surface area contributed by atoms with E-state index in [1.165, 1.54) is 10.9 Å². The van der Waals surface area contributed by atoms with Gasteiger partial charge in [0.05, 0.1) is 17.4 Å². The third kappa shape index (κ3) is 2.73. The lowest BCUT2D eigenvalue weighted by atomic mass is 10.2. The number of benzene rings is 1. The van der Waals surface area contributed by atoms with Crippen LogP contribution in [0.4, 0.5) is 10.5 Å². The largest absolute Gasteiger partial charge is 0.442 e. The van der Waals surface area contributed by atoms with Crippen molar-refractivity contribution < 1.29 is 14.3 Å². The second-order valence-corrected chi connectivity index (χ2v) is 5.04. The Bertz CT molecular complexity index is 626. The number of amides is 1. The number of rotatable bonds is 2. The molecule has 2 rings (SSSR count). The van der Waals surface area contributed by atoms with Crippen molar-refractivity contribution >= 4 is 29.1 Å². The monoisotopic (exact) mass is 261 g/mol. The van der Waals surface area contributed by atoms with E-state index in [2.05, 4.69) is 10.4 Å². The summed E-state index contributed by atoms with van der Waals surface area (Å²) in [5, 5.41) is 7.25. The molecule has 2 aromatic rings. The fourth-order valence-corrected chi connectivity index (χ4v) is 1.69. The summed E-state index contributed by atoms with van der Waals surface area (Å²) in [5.41, 5.74) is 0.594. The molecule has 1 N–H and O–H groups in total. The fraction of sp³-hybridized carbons (Fsp3) is 0.308. The highest BCUT2D eigenvalue weighted by Crippen LogP contribution is 2.23. The fourth-order valence-electron chi connectivity index (χ4n) is 1.69. The van der Waals surface area contributed by atoms with Gasteiger partial charge in [-0.2, -0.15) is 9.78 Å². The first-order valence-electron chi connectivity index (χ1n) is 5.82. The van der Waals surface area contributed by atoms with Crippen LogP contribution >= 0.6 is 0 Å². The van der Waals surface area contributed by atoms with Crippen LogP contribution in [0.2, 0.25) is 0 Å². The van der Waals surface area contributed by atoms with E-state index in [4.69, 9.17) is 4.74 Å². The number of anilines is 1. The molecule has 0 saturated heterocycles. The molecule has 1 aromatic heterocycles. The smallest absolute Gasteiger partial charge is 0.435 e. The van der Waals surface area contributed by atoms with Gasteiger partial charge in [0.25, 0.3) is 0 Å². The average Bonchev–Trinajstić information content (AvgIpc) is 2.72. The van der Waals surface area contributed by atoms with Gasteiger partial charge in [0.2, 0.25) is 6.41 Å². The lowest BCUT2D eigenvalue weighted by Gasteiger charge is -2.19. The molecule has 6 nitrogen and oxygen atoms in total. The van der Waals surface area contributed by atoms with Gasteiger partial charge in [0.1, 0.15) is 5.60 Å². The van der Waals surface area contributed by atoms with E-state index in [0.717, 1.165) is 0 Å². The first-order valence-corrected chi connectivity index (χ1v) is 5.82. The standard InChI is InChI=1S/C13H15N3O3/c1-13(2,3)19-12(18)16-11-6-4-5-10(14-8-17)9(11)7-15-16/h4-8H,1-3H3,(H,14,17). The highest BCUT2D eigenvalue weighted by molar-refractivity contribution is 5.98. The Labute approximate surface area is 110 Å². The number of hydrogen-bond acceptors (Lipinski definition) is 4. The Kier molecular flexibility index (Phi) is 3.25. The van der Waals surface area contributed by atoms with Crippen molar-refractivity contribution in [2.75, 3.05) is 5.32 Å². The van der Waals surface area contributed by atoms with Crippen LogP contribution in [0.5, 0.6) is 0 Å². The number of fused-ring (bicyclic) bond motifs is 1. The van der Waals surface area contributed by atoms with Gasteiger partial charge in [-0.3, -0.25) is 4.79 Å². The quantitative estimate of drug-likeness (QED) is 0.842. The van der Waals surface area contributed by atoms with Crippen LogP contribution < -0.4 is 5.32 Å². The zero-order valence-corrected chi connectivity index (χ0v) is 11.0. The number of aromatic nitrogens is 2. The van der Waals surface area contributed by atoms with E-state index < -0.39 is 11.7 Å². The maximum Gasteiger partial charge on any atom is 0.435 e. The van der Waals surface area contributed by atoms with E-state index in [1.807, 2.05) is 0 Å². The molecule has 6 heteroatoms. The predicted molar refractivity (Wildman–Crippen MR) is 71.1 cm³/mol. The van der Waals surface area contributed by atoms with Crippen molar-refractivity contribution in [1.82, 2.24) is 9.78 Å². The molecule has 0 radical (unpaired) electrons. The Morgan fingerprint density at radius 2 is 2.16 bits per heavy atom. The lowest BCUT2D eigenvalue weighted by Crippen LogP contribution is -2.27. The molecule has 0 saturated carbocycles. The zero-order valence-electron chi connectivity index (χ0n) is 11.0. The topological polar surface area (TPSA) is 73.2 Å². The lowest BCUT2D eigenvalue weighted by molar-refractivity contribution is -0.105. The van der Waals surface area contributed by atoms with E-state index in [1.54, 1.807) is 39.0 Å². The molecule has 1 amide bonds. The first-order chi connectivity index (χ1) is 8.92. The minimum Gasteiger partial charge on any atom is -0.442 e. The van der Waals surface area contributed by atoms with Crippen molar-refractivity contribution in [3.05, 3.63) is 24.4 Å². The van der Waals surface area contributed by atoms with E-state index in [-0.39, 0.29) is 0 Å².